The Morgan fingerprint density at radius 1 is 0.706 bits per heavy atom. The van der Waals surface area contributed by atoms with Crippen LogP contribution in [-0.2, 0) is 14.2 Å². The molecule has 0 saturated carbocycles. The summed E-state index contributed by atoms with van der Waals surface area (Å²) in [5.41, 5.74) is 0. The Balaban J connectivity index is 2.89. The van der Waals surface area contributed by atoms with Gasteiger partial charge in [-0.15, -0.1) is 0 Å². The van der Waals surface area contributed by atoms with E-state index in [1.54, 1.807) is 0 Å². The molecule has 0 spiro atoms. The maximum Gasteiger partial charge on any atom is 0.0701 e. The smallest absolute Gasteiger partial charge is 0.0701 e. The van der Waals surface area contributed by atoms with Crippen LogP contribution in [0.2, 0.25) is 0 Å². The second-order valence-corrected chi connectivity index (χ2v) is 4.73. The van der Waals surface area contributed by atoms with Gasteiger partial charge >= 0.3 is 0 Å². The Morgan fingerprint density at radius 2 is 1.24 bits per heavy atom. The van der Waals surface area contributed by atoms with Gasteiger partial charge in [0.2, 0.25) is 0 Å². The first kappa shape index (κ1) is 16.9. The summed E-state index contributed by atoms with van der Waals surface area (Å²) in [5.74, 6) is 0.715. The summed E-state index contributed by atoms with van der Waals surface area (Å²) in [6, 6.07) is 0. The van der Waals surface area contributed by atoms with E-state index in [1.165, 1.54) is 12.8 Å². The van der Waals surface area contributed by atoms with E-state index in [2.05, 4.69) is 20.8 Å². The quantitative estimate of drug-likeness (QED) is 0.467. The van der Waals surface area contributed by atoms with Gasteiger partial charge in [0.15, 0.2) is 0 Å². The second kappa shape index (κ2) is 13.9. The lowest BCUT2D eigenvalue weighted by Gasteiger charge is -2.07. The van der Waals surface area contributed by atoms with E-state index in [9.17, 15) is 0 Å². The summed E-state index contributed by atoms with van der Waals surface area (Å²) < 4.78 is 16.3. The Bertz CT molecular complexity index is 137. The molecule has 17 heavy (non-hydrogen) atoms. The monoisotopic (exact) mass is 246 g/mol. The topological polar surface area (TPSA) is 27.7 Å². The fourth-order valence-electron chi connectivity index (χ4n) is 1.32. The second-order valence-electron chi connectivity index (χ2n) is 4.73. The molecule has 0 fully saturated rings. The average Bonchev–Trinajstić information content (AvgIpc) is 2.30. The Kier molecular flexibility index (Phi) is 13.8. The Hall–Kier alpha value is -0.120. The zero-order valence-corrected chi connectivity index (χ0v) is 11.9. The standard InChI is InChI=1S/C14H30O3/c1-4-5-6-8-15-10-12-17-13-11-16-9-7-14(2)3/h14H,4-13H2,1-3H3. The minimum atomic E-state index is 0.677. The first-order valence-electron chi connectivity index (χ1n) is 7.00. The van der Waals surface area contributed by atoms with Crippen molar-refractivity contribution in [1.82, 2.24) is 0 Å². The molecule has 0 aliphatic rings. The molecule has 0 saturated heterocycles. The van der Waals surface area contributed by atoms with E-state index in [1.807, 2.05) is 0 Å². The van der Waals surface area contributed by atoms with Gasteiger partial charge in [-0.2, -0.15) is 0 Å². The van der Waals surface area contributed by atoms with Gasteiger partial charge in [-0.1, -0.05) is 33.6 Å². The van der Waals surface area contributed by atoms with Crippen LogP contribution in [0, 0.1) is 5.92 Å². The number of hydrogen-bond acceptors (Lipinski definition) is 3. The van der Waals surface area contributed by atoms with E-state index in [0.717, 1.165) is 26.1 Å². The van der Waals surface area contributed by atoms with Gasteiger partial charge in [-0.3, -0.25) is 0 Å². The van der Waals surface area contributed by atoms with Crippen molar-refractivity contribution in [3.63, 3.8) is 0 Å². The van der Waals surface area contributed by atoms with Crippen LogP contribution in [-0.4, -0.2) is 39.6 Å². The van der Waals surface area contributed by atoms with Crippen LogP contribution in [0.4, 0.5) is 0 Å². The molecule has 0 aromatic heterocycles. The van der Waals surface area contributed by atoms with Crippen molar-refractivity contribution in [2.75, 3.05) is 39.6 Å². The fourth-order valence-corrected chi connectivity index (χ4v) is 1.32. The molecule has 0 aromatic rings. The van der Waals surface area contributed by atoms with Gasteiger partial charge in [0.25, 0.3) is 0 Å². The number of ether oxygens (including phenoxy) is 3. The molecule has 0 amide bonds. The lowest BCUT2D eigenvalue weighted by atomic mass is 10.1. The normalized spacial score (nSPS) is 11.3. The van der Waals surface area contributed by atoms with Crippen molar-refractivity contribution < 1.29 is 14.2 Å². The van der Waals surface area contributed by atoms with E-state index in [-0.39, 0.29) is 0 Å². The Morgan fingerprint density at radius 3 is 1.76 bits per heavy atom. The van der Waals surface area contributed by atoms with E-state index in [0.29, 0.717) is 32.3 Å². The predicted octanol–water partition coefficient (Wildman–Crippen LogP) is 3.27. The molecule has 0 atom stereocenters. The van der Waals surface area contributed by atoms with Crippen LogP contribution in [0.25, 0.3) is 0 Å². The van der Waals surface area contributed by atoms with Crippen molar-refractivity contribution in [3.8, 4) is 0 Å². The zero-order valence-electron chi connectivity index (χ0n) is 11.9. The fraction of sp³-hybridized carbons (Fsp3) is 1.00. The van der Waals surface area contributed by atoms with Gasteiger partial charge in [0.05, 0.1) is 26.4 Å². The van der Waals surface area contributed by atoms with Crippen LogP contribution < -0.4 is 0 Å². The van der Waals surface area contributed by atoms with Crippen LogP contribution in [0.15, 0.2) is 0 Å². The van der Waals surface area contributed by atoms with Crippen LogP contribution >= 0.6 is 0 Å². The summed E-state index contributed by atoms with van der Waals surface area (Å²) >= 11 is 0. The highest BCUT2D eigenvalue weighted by atomic mass is 16.5. The highest BCUT2D eigenvalue weighted by Crippen LogP contribution is 1.98. The van der Waals surface area contributed by atoms with Crippen molar-refractivity contribution in [2.24, 2.45) is 5.92 Å². The molecular weight excluding hydrogens is 216 g/mol. The molecule has 3 nitrogen and oxygen atoms in total. The summed E-state index contributed by atoms with van der Waals surface area (Å²) in [6.45, 7) is 11.1. The molecule has 0 N–H and O–H groups in total. The van der Waals surface area contributed by atoms with Gasteiger partial charge in [-0.25, -0.2) is 0 Å². The molecule has 104 valence electrons. The molecule has 0 rings (SSSR count). The van der Waals surface area contributed by atoms with E-state index < -0.39 is 0 Å². The molecule has 3 heteroatoms. The summed E-state index contributed by atoms with van der Waals surface area (Å²) in [7, 11) is 0. The number of unbranched alkanes of at least 4 members (excludes halogenated alkanes) is 2. The van der Waals surface area contributed by atoms with Gasteiger partial charge in [0, 0.05) is 13.2 Å². The first-order valence-corrected chi connectivity index (χ1v) is 7.00. The highest BCUT2D eigenvalue weighted by molar-refractivity contribution is 4.42. The maximum absolute atomic E-state index is 5.44. The van der Waals surface area contributed by atoms with Gasteiger partial charge < -0.3 is 14.2 Å². The minimum Gasteiger partial charge on any atom is -0.379 e. The van der Waals surface area contributed by atoms with Gasteiger partial charge in [-0.05, 0) is 18.8 Å². The summed E-state index contributed by atoms with van der Waals surface area (Å²) in [6.07, 6.45) is 4.79. The average molecular weight is 246 g/mol. The minimum absolute atomic E-state index is 0.677. The molecule has 0 radical (unpaired) electrons. The highest BCUT2D eigenvalue weighted by Gasteiger charge is 1.94. The zero-order chi connectivity index (χ0) is 12.8. The Labute approximate surface area is 107 Å². The molecule has 0 heterocycles. The van der Waals surface area contributed by atoms with Gasteiger partial charge in [0.1, 0.15) is 0 Å². The molecule has 0 aliphatic heterocycles. The number of hydrogen-bond donors (Lipinski definition) is 0. The van der Waals surface area contributed by atoms with Crippen molar-refractivity contribution in [1.29, 1.82) is 0 Å². The lowest BCUT2D eigenvalue weighted by molar-refractivity contribution is 0.0122. The third-order valence-electron chi connectivity index (χ3n) is 2.48. The lowest BCUT2D eigenvalue weighted by Crippen LogP contribution is -2.10. The van der Waals surface area contributed by atoms with Crippen molar-refractivity contribution >= 4 is 0 Å². The van der Waals surface area contributed by atoms with Crippen molar-refractivity contribution in [2.45, 2.75) is 46.5 Å². The molecule has 0 aromatic carbocycles. The molecular formula is C14H30O3. The molecule has 0 bridgehead atoms. The SMILES string of the molecule is CCCCCOCCOCCOCCC(C)C. The maximum atomic E-state index is 5.44. The third-order valence-corrected chi connectivity index (χ3v) is 2.48. The molecule has 0 unspecified atom stereocenters. The van der Waals surface area contributed by atoms with Crippen LogP contribution in [0.5, 0.6) is 0 Å². The third kappa shape index (κ3) is 15.9. The summed E-state index contributed by atoms with van der Waals surface area (Å²) in [5, 5.41) is 0. The molecule has 0 aliphatic carbocycles. The van der Waals surface area contributed by atoms with Crippen molar-refractivity contribution in [3.05, 3.63) is 0 Å². The van der Waals surface area contributed by atoms with Crippen LogP contribution in [0.1, 0.15) is 46.5 Å². The largest absolute Gasteiger partial charge is 0.379 e. The van der Waals surface area contributed by atoms with Crippen LogP contribution in [0.3, 0.4) is 0 Å². The number of rotatable bonds is 13. The predicted molar refractivity (Wildman–Crippen MR) is 71.4 cm³/mol. The van der Waals surface area contributed by atoms with E-state index >= 15 is 0 Å². The van der Waals surface area contributed by atoms with E-state index in [4.69, 9.17) is 14.2 Å². The first-order chi connectivity index (χ1) is 8.27. The summed E-state index contributed by atoms with van der Waals surface area (Å²) in [4.78, 5) is 0.